The van der Waals surface area contributed by atoms with Crippen LogP contribution in [0.25, 0.3) is 0 Å². The van der Waals surface area contributed by atoms with Gasteiger partial charge in [-0.3, -0.25) is 9.69 Å². The Kier molecular flexibility index (Phi) is 4.55. The zero-order chi connectivity index (χ0) is 19.9. The minimum absolute atomic E-state index is 0.0860. The van der Waals surface area contributed by atoms with Crippen molar-refractivity contribution in [3.8, 4) is 0 Å². The predicted octanol–water partition coefficient (Wildman–Crippen LogP) is 4.22. The molecule has 1 aliphatic heterocycles. The minimum Gasteiger partial charge on any atom is -0.439 e. The Labute approximate surface area is 164 Å². The van der Waals surface area contributed by atoms with Crippen molar-refractivity contribution in [2.75, 3.05) is 7.11 Å². The van der Waals surface area contributed by atoms with E-state index in [9.17, 15) is 9.59 Å². The number of ether oxygens (including phenoxy) is 2. The molecule has 1 aliphatic carbocycles. The number of hydrogen-bond acceptors (Lipinski definition) is 4. The SMILES string of the molecule is C=C1C(=O)C[C@H](N2C(=O)O[C@H](c3ccccc3)[C@@H]2c2ccccc2)[C@@]1(C)OC. The van der Waals surface area contributed by atoms with Gasteiger partial charge in [-0.25, -0.2) is 4.79 Å². The zero-order valence-electron chi connectivity index (χ0n) is 16.0. The van der Waals surface area contributed by atoms with Gasteiger partial charge in [0.15, 0.2) is 11.9 Å². The molecule has 0 unspecified atom stereocenters. The summed E-state index contributed by atoms with van der Waals surface area (Å²) in [6.07, 6.45) is -0.747. The molecule has 0 aromatic heterocycles. The van der Waals surface area contributed by atoms with E-state index in [2.05, 4.69) is 6.58 Å². The summed E-state index contributed by atoms with van der Waals surface area (Å²) in [5, 5.41) is 0. The van der Waals surface area contributed by atoms with Gasteiger partial charge in [0.2, 0.25) is 0 Å². The second-order valence-electron chi connectivity index (χ2n) is 7.41. The first-order chi connectivity index (χ1) is 13.5. The van der Waals surface area contributed by atoms with Crippen LogP contribution in [-0.2, 0) is 14.3 Å². The first-order valence-corrected chi connectivity index (χ1v) is 9.34. The second-order valence-corrected chi connectivity index (χ2v) is 7.41. The third-order valence-corrected chi connectivity index (χ3v) is 6.00. The first kappa shape index (κ1) is 18.4. The summed E-state index contributed by atoms with van der Waals surface area (Å²) in [7, 11) is 1.55. The Balaban J connectivity index is 1.82. The van der Waals surface area contributed by atoms with Crippen LogP contribution >= 0.6 is 0 Å². The molecule has 144 valence electrons. The maximum atomic E-state index is 13.1. The van der Waals surface area contributed by atoms with Crippen LogP contribution < -0.4 is 0 Å². The van der Waals surface area contributed by atoms with Crippen LogP contribution in [0.3, 0.4) is 0 Å². The highest BCUT2D eigenvalue weighted by atomic mass is 16.6. The summed E-state index contributed by atoms with van der Waals surface area (Å²) >= 11 is 0. The van der Waals surface area contributed by atoms with Crippen LogP contribution in [0, 0.1) is 0 Å². The number of benzene rings is 2. The molecule has 5 nitrogen and oxygen atoms in total. The summed E-state index contributed by atoms with van der Waals surface area (Å²) in [6.45, 7) is 5.74. The van der Waals surface area contributed by atoms with Gasteiger partial charge in [-0.15, -0.1) is 0 Å². The van der Waals surface area contributed by atoms with Crippen molar-refractivity contribution in [1.82, 2.24) is 4.90 Å². The average Bonchev–Trinajstić information content (AvgIpc) is 3.18. The van der Waals surface area contributed by atoms with Crippen LogP contribution in [0.1, 0.15) is 36.6 Å². The molecule has 0 spiro atoms. The van der Waals surface area contributed by atoms with Gasteiger partial charge in [0, 0.05) is 19.1 Å². The highest BCUT2D eigenvalue weighted by Gasteiger charge is 2.57. The van der Waals surface area contributed by atoms with E-state index in [0.717, 1.165) is 11.1 Å². The van der Waals surface area contributed by atoms with Crippen LogP contribution in [0.5, 0.6) is 0 Å². The van der Waals surface area contributed by atoms with E-state index in [0.29, 0.717) is 5.57 Å². The molecule has 0 radical (unpaired) electrons. The average molecular weight is 377 g/mol. The van der Waals surface area contributed by atoms with Crippen molar-refractivity contribution in [1.29, 1.82) is 0 Å². The molecule has 4 rings (SSSR count). The zero-order valence-corrected chi connectivity index (χ0v) is 16.0. The number of nitrogens with zero attached hydrogens (tertiary/aromatic N) is 1. The molecule has 28 heavy (non-hydrogen) atoms. The van der Waals surface area contributed by atoms with E-state index < -0.39 is 23.8 Å². The summed E-state index contributed by atoms with van der Waals surface area (Å²) < 4.78 is 11.5. The van der Waals surface area contributed by atoms with Crippen LogP contribution in [-0.4, -0.2) is 35.5 Å². The molecule has 0 bridgehead atoms. The van der Waals surface area contributed by atoms with Crippen molar-refractivity contribution >= 4 is 11.9 Å². The molecule has 5 heteroatoms. The molecule has 2 aromatic rings. The number of ketones is 1. The fraction of sp³-hybridized carbons (Fsp3) is 0.304. The third kappa shape index (κ3) is 2.74. The number of carbonyl (C=O) groups is 2. The van der Waals surface area contributed by atoms with Crippen molar-refractivity contribution in [3.63, 3.8) is 0 Å². The molecular weight excluding hydrogens is 354 g/mol. The van der Waals surface area contributed by atoms with E-state index >= 15 is 0 Å². The van der Waals surface area contributed by atoms with Crippen LogP contribution in [0.2, 0.25) is 0 Å². The molecule has 4 atom stereocenters. The first-order valence-electron chi connectivity index (χ1n) is 9.34. The van der Waals surface area contributed by atoms with Crippen LogP contribution in [0.15, 0.2) is 72.8 Å². The van der Waals surface area contributed by atoms with Crippen molar-refractivity contribution < 1.29 is 19.1 Å². The number of methoxy groups -OCH3 is 1. The number of Topliss-reactive ketones (excluding diaryl/α,β-unsaturated/α-hetero) is 1. The van der Waals surface area contributed by atoms with Gasteiger partial charge < -0.3 is 9.47 Å². The number of carbonyl (C=O) groups excluding carboxylic acids is 2. The summed E-state index contributed by atoms with van der Waals surface area (Å²) in [4.78, 5) is 27.2. The molecule has 1 saturated carbocycles. The molecule has 2 fully saturated rings. The number of hydrogen-bond donors (Lipinski definition) is 0. The highest BCUT2D eigenvalue weighted by molar-refractivity contribution is 6.01. The lowest BCUT2D eigenvalue weighted by molar-refractivity contribution is -0.115. The molecule has 1 heterocycles. The Morgan fingerprint density at radius 3 is 2.18 bits per heavy atom. The van der Waals surface area contributed by atoms with E-state index in [1.54, 1.807) is 12.0 Å². The lowest BCUT2D eigenvalue weighted by Crippen LogP contribution is -2.50. The molecule has 2 aliphatic rings. The van der Waals surface area contributed by atoms with Gasteiger partial charge in [0.1, 0.15) is 11.6 Å². The third-order valence-electron chi connectivity index (χ3n) is 6.00. The summed E-state index contributed by atoms with van der Waals surface area (Å²) in [5.74, 6) is -0.0860. The van der Waals surface area contributed by atoms with E-state index in [1.807, 2.05) is 67.6 Å². The molecule has 2 aromatic carbocycles. The van der Waals surface area contributed by atoms with Crippen molar-refractivity contribution in [2.24, 2.45) is 0 Å². The second kappa shape index (κ2) is 6.91. The van der Waals surface area contributed by atoms with Gasteiger partial charge in [-0.2, -0.15) is 0 Å². The van der Waals surface area contributed by atoms with Gasteiger partial charge in [0.25, 0.3) is 0 Å². The van der Waals surface area contributed by atoms with Crippen LogP contribution in [0.4, 0.5) is 4.79 Å². The Morgan fingerprint density at radius 1 is 1.04 bits per heavy atom. The normalized spacial score (nSPS) is 30.0. The van der Waals surface area contributed by atoms with Crippen molar-refractivity contribution in [3.05, 3.63) is 83.9 Å². The van der Waals surface area contributed by atoms with Gasteiger partial charge >= 0.3 is 6.09 Å². The maximum Gasteiger partial charge on any atom is 0.411 e. The number of rotatable bonds is 4. The Bertz CT molecular complexity index is 911. The number of cyclic esters (lactones) is 1. The largest absolute Gasteiger partial charge is 0.439 e. The molecular formula is C23H23NO4. The Hall–Kier alpha value is -2.92. The van der Waals surface area contributed by atoms with E-state index in [-0.39, 0.29) is 18.2 Å². The van der Waals surface area contributed by atoms with Gasteiger partial charge in [-0.1, -0.05) is 67.2 Å². The topological polar surface area (TPSA) is 55.8 Å². The van der Waals surface area contributed by atoms with Gasteiger partial charge in [-0.05, 0) is 18.1 Å². The predicted molar refractivity (Wildman–Crippen MR) is 105 cm³/mol. The smallest absolute Gasteiger partial charge is 0.411 e. The standard InChI is InChI=1S/C23H23NO4/c1-15-18(25)14-19(23(15,2)27-3)24-20(16-10-6-4-7-11-16)21(28-22(24)26)17-12-8-5-9-13-17/h4-13,19-21H,1,14H2,2-3H3/t19-,20-,21+,23-/m0/s1. The fourth-order valence-electron chi connectivity index (χ4n) is 4.29. The van der Waals surface area contributed by atoms with E-state index in [1.165, 1.54) is 0 Å². The highest BCUT2D eigenvalue weighted by Crippen LogP contribution is 2.49. The van der Waals surface area contributed by atoms with E-state index in [4.69, 9.17) is 9.47 Å². The maximum absolute atomic E-state index is 13.1. The fourth-order valence-corrected chi connectivity index (χ4v) is 4.29. The minimum atomic E-state index is -0.950. The monoisotopic (exact) mass is 377 g/mol. The summed E-state index contributed by atoms with van der Waals surface area (Å²) in [5.41, 5.74) is 1.30. The van der Waals surface area contributed by atoms with Crippen molar-refractivity contribution in [2.45, 2.75) is 37.1 Å². The molecule has 1 saturated heterocycles. The summed E-state index contributed by atoms with van der Waals surface area (Å²) in [6, 6.07) is 18.6. The number of amides is 1. The molecule has 1 amide bonds. The Morgan fingerprint density at radius 2 is 1.61 bits per heavy atom. The molecule has 0 N–H and O–H groups in total. The quantitative estimate of drug-likeness (QED) is 0.749. The lowest BCUT2D eigenvalue weighted by Gasteiger charge is -2.38. The van der Waals surface area contributed by atoms with Gasteiger partial charge in [0.05, 0.1) is 6.04 Å². The lowest BCUT2D eigenvalue weighted by atomic mass is 9.90.